The van der Waals surface area contributed by atoms with Crippen LogP contribution in [0.15, 0.2) is 76.1 Å². The monoisotopic (exact) mass is 635 g/mol. The van der Waals surface area contributed by atoms with Crippen molar-refractivity contribution in [3.05, 3.63) is 99.9 Å². The number of carbonyl (C=O) groups is 3. The van der Waals surface area contributed by atoms with Gasteiger partial charge in [0.1, 0.15) is 6.04 Å². The van der Waals surface area contributed by atoms with Crippen molar-refractivity contribution < 1.29 is 27.3 Å². The fraction of sp³-hybridized carbons (Fsp3) is 0.226. The average molecular weight is 636 g/mol. The number of para-hydroxylation sites is 2. The van der Waals surface area contributed by atoms with E-state index >= 15 is 0 Å². The standard InChI is InChI=1S/C31H30ClN5O6S/c1-18-15-28(19(2)14-23(18)32)44(41,42)37-25-7-5-4-6-24(25)35-30(39)26(37)17-29(38)33-13-12-21-8-10-22(11-9-21)34-31(40)27-16-20(3)36-43-27/h4-11,14-16,26H,12-13,17H2,1-3H3,(H,33,38)(H,34,40)(H,35,39)/t26-/m1/s1. The predicted octanol–water partition coefficient (Wildman–Crippen LogP) is 4.77. The Balaban J connectivity index is 1.27. The Morgan fingerprint density at radius 2 is 1.75 bits per heavy atom. The summed E-state index contributed by atoms with van der Waals surface area (Å²) in [6.45, 7) is 5.30. The van der Waals surface area contributed by atoms with E-state index in [1.807, 2.05) is 12.1 Å². The van der Waals surface area contributed by atoms with Gasteiger partial charge < -0.3 is 20.5 Å². The fourth-order valence-corrected chi connectivity index (χ4v) is 7.03. The first-order chi connectivity index (χ1) is 20.9. The number of aryl methyl sites for hydroxylation is 3. The van der Waals surface area contributed by atoms with Crippen molar-refractivity contribution in [2.45, 2.75) is 44.6 Å². The Bertz CT molecular complexity index is 1860. The third-order valence-electron chi connectivity index (χ3n) is 7.16. The molecule has 0 aliphatic carbocycles. The number of hydrogen-bond acceptors (Lipinski definition) is 7. The molecule has 0 radical (unpaired) electrons. The Labute approximate surface area is 259 Å². The first-order valence-electron chi connectivity index (χ1n) is 13.8. The summed E-state index contributed by atoms with van der Waals surface area (Å²) >= 11 is 6.22. The van der Waals surface area contributed by atoms with Crippen LogP contribution in [0.3, 0.4) is 0 Å². The van der Waals surface area contributed by atoms with E-state index in [-0.39, 0.29) is 22.9 Å². The molecule has 11 nitrogen and oxygen atoms in total. The van der Waals surface area contributed by atoms with E-state index in [0.29, 0.717) is 39.6 Å². The third kappa shape index (κ3) is 6.46. The molecular weight excluding hydrogens is 606 g/mol. The number of carbonyl (C=O) groups excluding carboxylic acids is 3. The summed E-state index contributed by atoms with van der Waals surface area (Å²) in [5, 5.41) is 12.4. The molecule has 0 unspecified atom stereocenters. The van der Waals surface area contributed by atoms with Gasteiger partial charge >= 0.3 is 0 Å². The van der Waals surface area contributed by atoms with E-state index in [1.165, 1.54) is 12.1 Å². The molecule has 1 aliphatic heterocycles. The van der Waals surface area contributed by atoms with E-state index in [0.717, 1.165) is 9.87 Å². The summed E-state index contributed by atoms with van der Waals surface area (Å²) in [6.07, 6.45) is 0.0727. The smallest absolute Gasteiger partial charge is 0.294 e. The first kappa shape index (κ1) is 30.8. The first-order valence-corrected chi connectivity index (χ1v) is 15.6. The van der Waals surface area contributed by atoms with Gasteiger partial charge in [-0.15, -0.1) is 0 Å². The largest absolute Gasteiger partial charge is 0.356 e. The lowest BCUT2D eigenvalue weighted by molar-refractivity contribution is -0.125. The fourth-order valence-electron chi connectivity index (χ4n) is 4.88. The summed E-state index contributed by atoms with van der Waals surface area (Å²) < 4.78 is 34.2. The van der Waals surface area contributed by atoms with Crippen LogP contribution < -0.4 is 20.3 Å². The molecule has 2 heterocycles. The molecule has 5 rings (SSSR count). The van der Waals surface area contributed by atoms with E-state index in [1.54, 1.807) is 63.2 Å². The number of aromatic nitrogens is 1. The molecule has 0 saturated heterocycles. The molecule has 0 fully saturated rings. The molecule has 44 heavy (non-hydrogen) atoms. The zero-order valence-corrected chi connectivity index (χ0v) is 25.8. The number of hydrogen-bond donors (Lipinski definition) is 3. The van der Waals surface area contributed by atoms with Crippen LogP contribution in [0.2, 0.25) is 5.02 Å². The van der Waals surface area contributed by atoms with Crippen molar-refractivity contribution in [2.24, 2.45) is 0 Å². The minimum Gasteiger partial charge on any atom is -0.356 e. The Morgan fingerprint density at radius 3 is 2.45 bits per heavy atom. The van der Waals surface area contributed by atoms with Crippen LogP contribution in [0.5, 0.6) is 0 Å². The quantitative estimate of drug-likeness (QED) is 0.240. The number of halogens is 1. The Morgan fingerprint density at radius 1 is 1.02 bits per heavy atom. The molecule has 0 bridgehead atoms. The van der Waals surface area contributed by atoms with Crippen LogP contribution in [0.25, 0.3) is 0 Å². The highest BCUT2D eigenvalue weighted by Gasteiger charge is 2.42. The SMILES string of the molecule is Cc1cc(C(=O)Nc2ccc(CCNC(=O)C[C@@H]3C(=O)Nc4ccccc4N3S(=O)(=O)c3cc(C)c(Cl)cc3C)cc2)on1. The number of nitrogens with one attached hydrogen (secondary N) is 3. The van der Waals surface area contributed by atoms with Gasteiger partial charge in [-0.2, -0.15) is 0 Å². The molecule has 4 aromatic rings. The van der Waals surface area contributed by atoms with Crippen molar-refractivity contribution in [3.63, 3.8) is 0 Å². The van der Waals surface area contributed by atoms with Gasteiger partial charge in [0.15, 0.2) is 0 Å². The second kappa shape index (κ2) is 12.5. The highest BCUT2D eigenvalue weighted by Crippen LogP contribution is 2.38. The number of anilines is 3. The molecule has 0 spiro atoms. The minimum atomic E-state index is -4.27. The highest BCUT2D eigenvalue weighted by atomic mass is 35.5. The summed E-state index contributed by atoms with van der Waals surface area (Å²) in [6, 6.07) is 16.9. The Kier molecular flexibility index (Phi) is 8.75. The minimum absolute atomic E-state index is 0.00453. The number of nitrogens with zero attached hydrogens (tertiary/aromatic N) is 2. The van der Waals surface area contributed by atoms with Crippen molar-refractivity contribution >= 4 is 56.4 Å². The van der Waals surface area contributed by atoms with Crippen LogP contribution in [-0.2, 0) is 26.0 Å². The summed E-state index contributed by atoms with van der Waals surface area (Å²) in [4.78, 5) is 38.5. The predicted molar refractivity (Wildman–Crippen MR) is 166 cm³/mol. The normalized spacial score (nSPS) is 14.5. The number of rotatable bonds is 9. The molecule has 0 saturated carbocycles. The number of sulfonamides is 1. The zero-order valence-electron chi connectivity index (χ0n) is 24.2. The molecule has 3 amide bonds. The van der Waals surface area contributed by atoms with Crippen molar-refractivity contribution in [1.82, 2.24) is 10.5 Å². The maximum absolute atomic E-state index is 14.1. The zero-order chi connectivity index (χ0) is 31.6. The van der Waals surface area contributed by atoms with Gasteiger partial charge in [-0.3, -0.25) is 18.7 Å². The molecule has 1 atom stereocenters. The molecular formula is C31H30ClN5O6S. The lowest BCUT2D eigenvalue weighted by Crippen LogP contribution is -2.53. The second-order valence-electron chi connectivity index (χ2n) is 10.5. The molecule has 1 aromatic heterocycles. The van der Waals surface area contributed by atoms with Crippen LogP contribution in [0, 0.1) is 20.8 Å². The van der Waals surface area contributed by atoms with Crippen LogP contribution in [-0.4, -0.2) is 43.9 Å². The van der Waals surface area contributed by atoms with Crippen molar-refractivity contribution in [3.8, 4) is 0 Å². The maximum Gasteiger partial charge on any atom is 0.294 e. The number of benzene rings is 3. The number of amides is 3. The van der Waals surface area contributed by atoms with E-state index in [4.69, 9.17) is 16.1 Å². The average Bonchev–Trinajstić information content (AvgIpc) is 3.42. The molecule has 13 heteroatoms. The Hall–Kier alpha value is -4.68. The molecule has 228 valence electrons. The van der Waals surface area contributed by atoms with Gasteiger partial charge in [0.05, 0.1) is 28.4 Å². The maximum atomic E-state index is 14.1. The lowest BCUT2D eigenvalue weighted by atomic mass is 10.1. The lowest BCUT2D eigenvalue weighted by Gasteiger charge is -2.37. The van der Waals surface area contributed by atoms with Gasteiger partial charge in [-0.1, -0.05) is 41.0 Å². The van der Waals surface area contributed by atoms with Crippen LogP contribution >= 0.6 is 11.6 Å². The van der Waals surface area contributed by atoms with Gasteiger partial charge in [0.2, 0.25) is 17.6 Å². The van der Waals surface area contributed by atoms with E-state index < -0.39 is 40.2 Å². The van der Waals surface area contributed by atoms with E-state index in [2.05, 4.69) is 21.1 Å². The van der Waals surface area contributed by atoms with Crippen molar-refractivity contribution in [1.29, 1.82) is 0 Å². The molecule has 3 N–H and O–H groups in total. The van der Waals surface area contributed by atoms with E-state index in [9.17, 15) is 22.8 Å². The van der Waals surface area contributed by atoms with Gasteiger partial charge in [0, 0.05) is 23.3 Å². The highest BCUT2D eigenvalue weighted by molar-refractivity contribution is 7.93. The topological polar surface area (TPSA) is 151 Å². The summed E-state index contributed by atoms with van der Waals surface area (Å²) in [5.74, 6) is -1.41. The van der Waals surface area contributed by atoms with Gasteiger partial charge in [-0.05, 0) is 80.3 Å². The molecule has 1 aliphatic rings. The van der Waals surface area contributed by atoms with Crippen LogP contribution in [0.4, 0.5) is 17.1 Å². The van der Waals surface area contributed by atoms with Gasteiger partial charge in [-0.25, -0.2) is 8.42 Å². The third-order valence-corrected chi connectivity index (χ3v) is 9.53. The second-order valence-corrected chi connectivity index (χ2v) is 12.7. The van der Waals surface area contributed by atoms with Gasteiger partial charge in [0.25, 0.3) is 15.9 Å². The molecule has 3 aromatic carbocycles. The summed E-state index contributed by atoms with van der Waals surface area (Å²) in [7, 11) is -4.27. The van der Waals surface area contributed by atoms with Crippen LogP contribution in [0.1, 0.15) is 39.4 Å². The van der Waals surface area contributed by atoms with Crippen molar-refractivity contribution in [2.75, 3.05) is 21.5 Å². The number of fused-ring (bicyclic) bond motifs is 1. The summed E-state index contributed by atoms with van der Waals surface area (Å²) in [5.41, 5.74) is 3.64.